The number of pyridine rings is 1. The average Bonchev–Trinajstić information content (AvgIpc) is 2.03. The fourth-order valence-corrected chi connectivity index (χ4v) is 1.03. The van der Waals surface area contributed by atoms with E-state index >= 15 is 0 Å². The van der Waals surface area contributed by atoms with E-state index in [1.165, 1.54) is 0 Å². The Labute approximate surface area is 77.8 Å². The van der Waals surface area contributed by atoms with Crippen LogP contribution in [0.4, 0.5) is 0 Å². The lowest BCUT2D eigenvalue weighted by Gasteiger charge is -1.97. The van der Waals surface area contributed by atoms with Gasteiger partial charge in [-0.15, -0.1) is 11.6 Å². The summed E-state index contributed by atoms with van der Waals surface area (Å²) in [5.41, 5.74) is 3.08. The van der Waals surface area contributed by atoms with Crippen LogP contribution in [-0.2, 0) is 0 Å². The zero-order valence-corrected chi connectivity index (χ0v) is 7.94. The normalized spacial score (nSPS) is 8.92. The molecule has 1 aromatic heterocycles. The van der Waals surface area contributed by atoms with Crippen LogP contribution in [0.15, 0.2) is 12.3 Å². The Morgan fingerprint density at radius 1 is 1.50 bits per heavy atom. The first-order chi connectivity index (χ1) is 5.74. The van der Waals surface area contributed by atoms with Crippen LogP contribution in [0.1, 0.15) is 16.8 Å². The molecule has 0 spiro atoms. The summed E-state index contributed by atoms with van der Waals surface area (Å²) in [4.78, 5) is 4.18. The predicted octanol–water partition coefficient (Wildman–Crippen LogP) is 2.29. The van der Waals surface area contributed by atoms with Crippen molar-refractivity contribution >= 4 is 11.6 Å². The van der Waals surface area contributed by atoms with Crippen LogP contribution >= 0.6 is 11.6 Å². The molecule has 1 aromatic rings. The molecule has 62 valence electrons. The maximum absolute atomic E-state index is 5.43. The highest BCUT2D eigenvalue weighted by atomic mass is 35.5. The van der Waals surface area contributed by atoms with Gasteiger partial charge in [0, 0.05) is 6.20 Å². The number of rotatable bonds is 0. The molecule has 0 aliphatic heterocycles. The van der Waals surface area contributed by atoms with E-state index in [1.807, 2.05) is 20.0 Å². The van der Waals surface area contributed by atoms with Crippen molar-refractivity contribution in [1.29, 1.82) is 0 Å². The van der Waals surface area contributed by atoms with Gasteiger partial charge in [0.2, 0.25) is 0 Å². The van der Waals surface area contributed by atoms with Gasteiger partial charge >= 0.3 is 0 Å². The molecular formula is C10H10ClN. The van der Waals surface area contributed by atoms with Crippen LogP contribution in [0, 0.1) is 25.7 Å². The van der Waals surface area contributed by atoms with Crippen LogP contribution in [0.5, 0.6) is 0 Å². The first-order valence-electron chi connectivity index (χ1n) is 3.72. The number of hydrogen-bond donors (Lipinski definition) is 0. The Morgan fingerprint density at radius 3 is 2.83 bits per heavy atom. The molecule has 0 saturated carbocycles. The second-order valence-corrected chi connectivity index (χ2v) is 2.88. The number of halogens is 1. The molecular weight excluding hydrogens is 170 g/mol. The second kappa shape index (κ2) is 4.13. The van der Waals surface area contributed by atoms with Crippen molar-refractivity contribution < 1.29 is 0 Å². The molecule has 0 saturated heterocycles. The van der Waals surface area contributed by atoms with Crippen molar-refractivity contribution in [2.45, 2.75) is 13.8 Å². The largest absolute Gasteiger partial charge is 0.247 e. The molecule has 12 heavy (non-hydrogen) atoms. The van der Waals surface area contributed by atoms with Crippen LogP contribution in [-0.4, -0.2) is 10.9 Å². The van der Waals surface area contributed by atoms with E-state index in [0.717, 1.165) is 16.8 Å². The van der Waals surface area contributed by atoms with Gasteiger partial charge in [-0.25, -0.2) is 4.98 Å². The average molecular weight is 180 g/mol. The third-order valence-electron chi connectivity index (χ3n) is 1.49. The van der Waals surface area contributed by atoms with Gasteiger partial charge in [-0.2, -0.15) is 0 Å². The monoisotopic (exact) mass is 179 g/mol. The molecule has 0 bridgehead atoms. The van der Waals surface area contributed by atoms with E-state index in [2.05, 4.69) is 22.9 Å². The Morgan fingerprint density at radius 2 is 2.25 bits per heavy atom. The number of nitrogens with zero attached hydrogens (tertiary/aromatic N) is 1. The van der Waals surface area contributed by atoms with Crippen molar-refractivity contribution in [2.24, 2.45) is 0 Å². The Balaban J connectivity index is 3.01. The van der Waals surface area contributed by atoms with Crippen molar-refractivity contribution in [3.8, 4) is 11.8 Å². The molecule has 0 amide bonds. The third-order valence-corrected chi connectivity index (χ3v) is 1.62. The zero-order chi connectivity index (χ0) is 8.97. The molecule has 0 aliphatic carbocycles. The SMILES string of the molecule is Cc1cnc(C#CCCl)c(C)c1. The van der Waals surface area contributed by atoms with Crippen molar-refractivity contribution in [1.82, 2.24) is 4.98 Å². The first kappa shape index (κ1) is 9.09. The van der Waals surface area contributed by atoms with E-state index in [4.69, 9.17) is 11.6 Å². The maximum Gasteiger partial charge on any atom is 0.116 e. The molecule has 1 heterocycles. The second-order valence-electron chi connectivity index (χ2n) is 2.61. The van der Waals surface area contributed by atoms with E-state index in [1.54, 1.807) is 0 Å². The first-order valence-corrected chi connectivity index (χ1v) is 4.25. The number of aryl methyl sites for hydroxylation is 2. The zero-order valence-electron chi connectivity index (χ0n) is 7.19. The summed E-state index contributed by atoms with van der Waals surface area (Å²) in [5, 5.41) is 0. The lowest BCUT2D eigenvalue weighted by atomic mass is 10.2. The lowest BCUT2D eigenvalue weighted by molar-refractivity contribution is 1.19. The molecule has 0 aliphatic rings. The van der Waals surface area contributed by atoms with E-state index in [-0.39, 0.29) is 0 Å². The Kier molecular flexibility index (Phi) is 3.13. The Hall–Kier alpha value is -1.00. The molecule has 2 heteroatoms. The summed E-state index contributed by atoms with van der Waals surface area (Å²) >= 11 is 5.43. The van der Waals surface area contributed by atoms with Gasteiger partial charge < -0.3 is 0 Å². The Bertz CT molecular complexity index is 333. The fraction of sp³-hybridized carbons (Fsp3) is 0.300. The standard InChI is InChI=1S/C10H10ClN/c1-8-6-9(2)10(12-7-8)4-3-5-11/h6-7H,5H2,1-2H3. The molecule has 0 N–H and O–H groups in total. The van der Waals surface area contributed by atoms with Gasteiger partial charge in [-0.1, -0.05) is 12.0 Å². The summed E-state index contributed by atoms with van der Waals surface area (Å²) in [6.45, 7) is 4.01. The smallest absolute Gasteiger partial charge is 0.116 e. The highest BCUT2D eigenvalue weighted by Crippen LogP contribution is 2.04. The van der Waals surface area contributed by atoms with Crippen molar-refractivity contribution in [3.63, 3.8) is 0 Å². The molecule has 1 rings (SSSR count). The van der Waals surface area contributed by atoms with Crippen molar-refractivity contribution in [3.05, 3.63) is 29.1 Å². The third kappa shape index (κ3) is 2.25. The molecule has 0 fully saturated rings. The number of alkyl halides is 1. The van der Waals surface area contributed by atoms with Crippen LogP contribution < -0.4 is 0 Å². The molecule has 0 radical (unpaired) electrons. The highest BCUT2D eigenvalue weighted by molar-refractivity contribution is 6.19. The minimum atomic E-state index is 0.356. The van der Waals surface area contributed by atoms with Crippen LogP contribution in [0.25, 0.3) is 0 Å². The van der Waals surface area contributed by atoms with Gasteiger partial charge in [0.25, 0.3) is 0 Å². The topological polar surface area (TPSA) is 12.9 Å². The van der Waals surface area contributed by atoms with Crippen LogP contribution in [0.2, 0.25) is 0 Å². The van der Waals surface area contributed by atoms with Gasteiger partial charge in [0.1, 0.15) is 5.69 Å². The quantitative estimate of drug-likeness (QED) is 0.440. The van der Waals surface area contributed by atoms with Gasteiger partial charge in [-0.3, -0.25) is 0 Å². The fourth-order valence-electron chi connectivity index (χ4n) is 0.963. The number of aromatic nitrogens is 1. The summed E-state index contributed by atoms with van der Waals surface area (Å²) in [6, 6.07) is 2.06. The summed E-state index contributed by atoms with van der Waals surface area (Å²) in [5.74, 6) is 6.03. The molecule has 0 aromatic carbocycles. The maximum atomic E-state index is 5.43. The van der Waals surface area contributed by atoms with Crippen LogP contribution in [0.3, 0.4) is 0 Å². The molecule has 0 unspecified atom stereocenters. The minimum absolute atomic E-state index is 0.356. The summed E-state index contributed by atoms with van der Waals surface area (Å²) in [7, 11) is 0. The number of hydrogen-bond acceptors (Lipinski definition) is 1. The lowest BCUT2D eigenvalue weighted by Crippen LogP contribution is -1.88. The predicted molar refractivity (Wildman–Crippen MR) is 51.3 cm³/mol. The molecule has 0 atom stereocenters. The van der Waals surface area contributed by atoms with Crippen molar-refractivity contribution in [2.75, 3.05) is 5.88 Å². The highest BCUT2D eigenvalue weighted by Gasteiger charge is 1.94. The van der Waals surface area contributed by atoms with Gasteiger partial charge in [0.05, 0.1) is 5.88 Å². The summed E-state index contributed by atoms with van der Waals surface area (Å²) < 4.78 is 0. The minimum Gasteiger partial charge on any atom is -0.247 e. The van der Waals surface area contributed by atoms with Gasteiger partial charge in [0.15, 0.2) is 0 Å². The van der Waals surface area contributed by atoms with Gasteiger partial charge in [-0.05, 0) is 30.9 Å². The van der Waals surface area contributed by atoms with E-state index < -0.39 is 0 Å². The summed E-state index contributed by atoms with van der Waals surface area (Å²) in [6.07, 6.45) is 1.81. The van der Waals surface area contributed by atoms with E-state index in [0.29, 0.717) is 5.88 Å². The molecule has 1 nitrogen and oxygen atoms in total. The van der Waals surface area contributed by atoms with E-state index in [9.17, 15) is 0 Å².